The molecule has 1 aromatic rings. The highest BCUT2D eigenvalue weighted by Gasteiger charge is 2.09. The maximum absolute atomic E-state index is 11.9. The molecule has 60 valence electrons. The third-order valence-electron chi connectivity index (χ3n) is 1.05. The summed E-state index contributed by atoms with van der Waals surface area (Å²) in [6, 6.07) is 2.66. The van der Waals surface area contributed by atoms with Gasteiger partial charge in [0.2, 0.25) is 0 Å². The monoisotopic (exact) mass is 241 g/mol. The molecule has 0 amide bonds. The van der Waals surface area contributed by atoms with Crippen LogP contribution < -0.4 is 0 Å². The van der Waals surface area contributed by atoms with Crippen LogP contribution in [0.2, 0.25) is 5.15 Å². The topological polar surface area (TPSA) is 12.9 Å². The van der Waals surface area contributed by atoms with Gasteiger partial charge in [0.05, 0.1) is 4.47 Å². The van der Waals surface area contributed by atoms with E-state index in [2.05, 4.69) is 20.9 Å². The van der Waals surface area contributed by atoms with Crippen molar-refractivity contribution in [2.24, 2.45) is 0 Å². The smallest absolute Gasteiger partial charge is 0.234 e. The number of pyridine rings is 1. The van der Waals surface area contributed by atoms with Crippen LogP contribution in [0.5, 0.6) is 0 Å². The molecule has 0 saturated carbocycles. The molecule has 1 rings (SSSR count). The average molecular weight is 242 g/mol. The second-order valence-electron chi connectivity index (χ2n) is 1.81. The average Bonchev–Trinajstić information content (AvgIpc) is 1.94. The normalized spacial score (nSPS) is 10.6. The van der Waals surface area contributed by atoms with Crippen molar-refractivity contribution in [2.75, 3.05) is 0 Å². The maximum Gasteiger partial charge on any atom is 0.280 e. The Kier molecular flexibility index (Phi) is 2.78. The van der Waals surface area contributed by atoms with Crippen molar-refractivity contribution in [3.63, 3.8) is 0 Å². The molecule has 1 aromatic heterocycles. The summed E-state index contributed by atoms with van der Waals surface area (Å²) in [4.78, 5) is 3.44. The van der Waals surface area contributed by atoms with Crippen LogP contribution in [0.3, 0.4) is 0 Å². The summed E-state index contributed by atoms with van der Waals surface area (Å²) in [5.74, 6) is 0. The van der Waals surface area contributed by atoms with Crippen molar-refractivity contribution in [2.45, 2.75) is 6.43 Å². The molecule has 0 radical (unpaired) electrons. The molecule has 1 heterocycles. The first-order valence-corrected chi connectivity index (χ1v) is 3.88. The first-order valence-electron chi connectivity index (χ1n) is 2.71. The van der Waals surface area contributed by atoms with E-state index in [9.17, 15) is 8.78 Å². The van der Waals surface area contributed by atoms with Crippen LogP contribution in [0.4, 0.5) is 8.78 Å². The summed E-state index contributed by atoms with van der Waals surface area (Å²) in [5, 5.41) is 0.0581. The van der Waals surface area contributed by atoms with Gasteiger partial charge in [-0.3, -0.25) is 0 Å². The van der Waals surface area contributed by atoms with E-state index in [0.29, 0.717) is 4.47 Å². The molecule has 0 aliphatic rings. The van der Waals surface area contributed by atoms with Crippen LogP contribution in [-0.2, 0) is 0 Å². The van der Waals surface area contributed by atoms with E-state index >= 15 is 0 Å². The zero-order chi connectivity index (χ0) is 8.43. The zero-order valence-electron chi connectivity index (χ0n) is 5.19. The Hall–Kier alpha value is -0.220. The Balaban J connectivity index is 3.05. The number of rotatable bonds is 1. The number of halogens is 4. The zero-order valence-corrected chi connectivity index (χ0v) is 7.53. The van der Waals surface area contributed by atoms with Gasteiger partial charge in [-0.25, -0.2) is 13.8 Å². The lowest BCUT2D eigenvalue weighted by Crippen LogP contribution is -1.89. The largest absolute Gasteiger partial charge is 0.280 e. The van der Waals surface area contributed by atoms with E-state index in [4.69, 9.17) is 11.6 Å². The van der Waals surface area contributed by atoms with E-state index < -0.39 is 6.43 Å². The number of aromatic nitrogens is 1. The van der Waals surface area contributed by atoms with Crippen molar-refractivity contribution < 1.29 is 8.78 Å². The molecule has 0 aliphatic carbocycles. The van der Waals surface area contributed by atoms with Crippen molar-refractivity contribution >= 4 is 27.5 Å². The van der Waals surface area contributed by atoms with Crippen molar-refractivity contribution in [3.05, 3.63) is 27.5 Å². The molecule has 1 nitrogen and oxygen atoms in total. The molecule has 0 aromatic carbocycles. The van der Waals surface area contributed by atoms with Crippen LogP contribution in [0.15, 0.2) is 16.6 Å². The highest BCUT2D eigenvalue weighted by atomic mass is 79.9. The van der Waals surface area contributed by atoms with Gasteiger partial charge in [-0.1, -0.05) is 11.6 Å². The lowest BCUT2D eigenvalue weighted by atomic mass is 10.4. The maximum atomic E-state index is 11.9. The minimum Gasteiger partial charge on any atom is -0.234 e. The molecule has 0 saturated heterocycles. The molecule has 0 aliphatic heterocycles. The quantitative estimate of drug-likeness (QED) is 0.688. The number of hydrogen-bond donors (Lipinski definition) is 0. The number of nitrogens with zero attached hydrogens (tertiary/aromatic N) is 1. The second-order valence-corrected chi connectivity index (χ2v) is 3.02. The Morgan fingerprint density at radius 3 is 2.55 bits per heavy atom. The van der Waals surface area contributed by atoms with Crippen LogP contribution in [0.1, 0.15) is 12.1 Å². The predicted molar refractivity (Wildman–Crippen MR) is 41.9 cm³/mol. The third kappa shape index (κ3) is 2.10. The van der Waals surface area contributed by atoms with Crippen LogP contribution in [0.25, 0.3) is 0 Å². The van der Waals surface area contributed by atoms with Crippen LogP contribution in [0, 0.1) is 0 Å². The Bertz CT molecular complexity index is 267. The second kappa shape index (κ2) is 3.45. The summed E-state index contributed by atoms with van der Waals surface area (Å²) < 4.78 is 24.4. The van der Waals surface area contributed by atoms with Crippen molar-refractivity contribution in [1.82, 2.24) is 4.98 Å². The van der Waals surface area contributed by atoms with Crippen molar-refractivity contribution in [3.8, 4) is 0 Å². The first kappa shape index (κ1) is 8.87. The van der Waals surface area contributed by atoms with Gasteiger partial charge in [0.25, 0.3) is 6.43 Å². The molecule has 0 bridgehead atoms. The van der Waals surface area contributed by atoms with Gasteiger partial charge in [-0.15, -0.1) is 0 Å². The standard InChI is InChI=1S/C6H3BrClF2N/c7-3-1-2-4(6(9)10)11-5(3)8/h1-2,6H. The summed E-state index contributed by atoms with van der Waals surface area (Å²) in [6.07, 6.45) is -2.57. The fourth-order valence-corrected chi connectivity index (χ4v) is 0.934. The molecule has 0 spiro atoms. The molecule has 0 unspecified atom stereocenters. The predicted octanol–water partition coefficient (Wildman–Crippen LogP) is 3.44. The van der Waals surface area contributed by atoms with E-state index in [0.717, 1.165) is 0 Å². The summed E-state index contributed by atoms with van der Waals surface area (Å²) >= 11 is 8.51. The minimum absolute atomic E-state index is 0.0581. The SMILES string of the molecule is FC(F)c1ccc(Br)c(Cl)n1. The van der Waals surface area contributed by atoms with Gasteiger partial charge in [0, 0.05) is 0 Å². The molecular formula is C6H3BrClF2N. The molecular weight excluding hydrogens is 239 g/mol. The van der Waals surface area contributed by atoms with Gasteiger partial charge in [0.1, 0.15) is 10.8 Å². The first-order chi connectivity index (χ1) is 5.11. The van der Waals surface area contributed by atoms with Gasteiger partial charge >= 0.3 is 0 Å². The third-order valence-corrected chi connectivity index (χ3v) is 2.20. The number of hydrogen-bond acceptors (Lipinski definition) is 1. The van der Waals surface area contributed by atoms with Gasteiger partial charge < -0.3 is 0 Å². The Morgan fingerprint density at radius 1 is 1.45 bits per heavy atom. The van der Waals surface area contributed by atoms with E-state index in [-0.39, 0.29) is 10.8 Å². The fraction of sp³-hybridized carbons (Fsp3) is 0.167. The van der Waals surface area contributed by atoms with Gasteiger partial charge in [-0.2, -0.15) is 0 Å². The lowest BCUT2D eigenvalue weighted by molar-refractivity contribution is 0.146. The molecule has 5 heteroatoms. The van der Waals surface area contributed by atoms with Gasteiger partial charge in [0.15, 0.2) is 0 Å². The summed E-state index contributed by atoms with van der Waals surface area (Å²) in [7, 11) is 0. The molecule has 0 N–H and O–H groups in total. The summed E-state index contributed by atoms with van der Waals surface area (Å²) in [6.45, 7) is 0. The highest BCUT2D eigenvalue weighted by Crippen LogP contribution is 2.24. The van der Waals surface area contributed by atoms with Crippen LogP contribution in [-0.4, -0.2) is 4.98 Å². The molecule has 11 heavy (non-hydrogen) atoms. The molecule has 0 fully saturated rings. The van der Waals surface area contributed by atoms with E-state index in [1.54, 1.807) is 0 Å². The highest BCUT2D eigenvalue weighted by molar-refractivity contribution is 9.10. The van der Waals surface area contributed by atoms with E-state index in [1.165, 1.54) is 12.1 Å². The lowest BCUT2D eigenvalue weighted by Gasteiger charge is -1.99. The molecule has 0 atom stereocenters. The summed E-state index contributed by atoms with van der Waals surface area (Å²) in [5.41, 5.74) is -0.307. The Morgan fingerprint density at radius 2 is 2.09 bits per heavy atom. The van der Waals surface area contributed by atoms with Gasteiger partial charge in [-0.05, 0) is 28.1 Å². The van der Waals surface area contributed by atoms with E-state index in [1.807, 2.05) is 0 Å². The van der Waals surface area contributed by atoms with Crippen molar-refractivity contribution in [1.29, 1.82) is 0 Å². The Labute approximate surface area is 75.5 Å². The fourth-order valence-electron chi connectivity index (χ4n) is 0.553. The van der Waals surface area contributed by atoms with Crippen LogP contribution >= 0.6 is 27.5 Å². The number of alkyl halides is 2. The minimum atomic E-state index is -2.57.